The highest BCUT2D eigenvalue weighted by atomic mass is 16.2. The highest BCUT2D eigenvalue weighted by molar-refractivity contribution is 5.23. The van der Waals surface area contributed by atoms with Gasteiger partial charge in [0.25, 0.3) is 0 Å². The summed E-state index contributed by atoms with van der Waals surface area (Å²) in [6.07, 6.45) is 10.1. The van der Waals surface area contributed by atoms with Crippen molar-refractivity contribution in [1.82, 2.24) is 14.5 Å². The molecular weight excluding hydrogens is 292 g/mol. The van der Waals surface area contributed by atoms with E-state index in [0.29, 0.717) is 11.9 Å². The van der Waals surface area contributed by atoms with Crippen LogP contribution in [-0.4, -0.2) is 20.6 Å². The minimum Gasteiger partial charge on any atom is -0.353 e. The molecule has 0 saturated heterocycles. The van der Waals surface area contributed by atoms with Crippen molar-refractivity contribution in [3.8, 4) is 0 Å². The van der Waals surface area contributed by atoms with Crippen molar-refractivity contribution in [2.75, 3.05) is 5.32 Å². The quantitative estimate of drug-likeness (QED) is 0.893. The van der Waals surface area contributed by atoms with Crippen LogP contribution in [-0.2, 0) is 5.54 Å². The van der Waals surface area contributed by atoms with Crippen LogP contribution < -0.4 is 16.7 Å². The fourth-order valence-electron chi connectivity index (χ4n) is 4.29. The molecule has 0 aliphatic heterocycles. The first-order chi connectivity index (χ1) is 11.0. The summed E-state index contributed by atoms with van der Waals surface area (Å²) in [5.74, 6) is 0.903. The number of rotatable bonds is 4. The third-order valence-corrected chi connectivity index (χ3v) is 5.77. The highest BCUT2D eigenvalue weighted by Gasteiger charge is 2.34. The van der Waals surface area contributed by atoms with E-state index in [2.05, 4.69) is 22.2 Å². The predicted octanol–water partition coefficient (Wildman–Crippen LogP) is 2.60. The number of hydrogen-bond donors (Lipinski definition) is 2. The molecule has 1 aromatic heterocycles. The van der Waals surface area contributed by atoms with Crippen LogP contribution in [0, 0.1) is 5.92 Å². The van der Waals surface area contributed by atoms with E-state index in [4.69, 9.17) is 0 Å². The molecule has 2 aliphatic rings. The molecule has 2 saturated carbocycles. The fraction of sp³-hybridized carbons (Fsp3) is 0.824. The first-order valence-corrected chi connectivity index (χ1v) is 9.00. The molecule has 2 fully saturated rings. The molecule has 0 unspecified atom stereocenters. The van der Waals surface area contributed by atoms with Gasteiger partial charge in [0, 0.05) is 6.04 Å². The minimum atomic E-state index is -0.434. The van der Waals surface area contributed by atoms with Gasteiger partial charge in [-0.05, 0) is 45.4 Å². The molecule has 0 bridgehead atoms. The van der Waals surface area contributed by atoms with Crippen LogP contribution in [0.15, 0.2) is 9.59 Å². The second-order valence-electron chi connectivity index (χ2n) is 7.54. The zero-order valence-electron chi connectivity index (χ0n) is 14.2. The van der Waals surface area contributed by atoms with Gasteiger partial charge in [-0.15, -0.1) is 0 Å². The van der Waals surface area contributed by atoms with Crippen molar-refractivity contribution in [1.29, 1.82) is 0 Å². The van der Waals surface area contributed by atoms with Crippen molar-refractivity contribution >= 4 is 5.95 Å². The summed E-state index contributed by atoms with van der Waals surface area (Å²) < 4.78 is 1.32. The Morgan fingerprint density at radius 1 is 1.17 bits per heavy atom. The molecule has 0 spiro atoms. The van der Waals surface area contributed by atoms with Gasteiger partial charge >= 0.3 is 11.4 Å². The van der Waals surface area contributed by atoms with Crippen LogP contribution in [0.4, 0.5) is 5.95 Å². The predicted molar refractivity (Wildman–Crippen MR) is 90.9 cm³/mol. The number of anilines is 1. The summed E-state index contributed by atoms with van der Waals surface area (Å²) in [4.78, 5) is 31.7. The zero-order valence-corrected chi connectivity index (χ0v) is 14.2. The van der Waals surface area contributed by atoms with Gasteiger partial charge in [0.05, 0.1) is 5.54 Å². The maximum absolute atomic E-state index is 12.4. The SMILES string of the molecule is C[C@H](Nc1nc(=O)n(C2(C)CCCC2)c(=O)[nH]1)C1CCCCC1. The van der Waals surface area contributed by atoms with Crippen molar-refractivity contribution in [3.63, 3.8) is 0 Å². The van der Waals surface area contributed by atoms with E-state index in [0.717, 1.165) is 25.7 Å². The number of nitrogens with zero attached hydrogens (tertiary/aromatic N) is 2. The van der Waals surface area contributed by atoms with Crippen molar-refractivity contribution in [2.24, 2.45) is 5.92 Å². The van der Waals surface area contributed by atoms with Crippen LogP contribution in [0.1, 0.15) is 71.6 Å². The van der Waals surface area contributed by atoms with Crippen LogP contribution in [0.5, 0.6) is 0 Å². The Morgan fingerprint density at radius 2 is 1.83 bits per heavy atom. The molecule has 2 N–H and O–H groups in total. The fourth-order valence-corrected chi connectivity index (χ4v) is 4.29. The van der Waals surface area contributed by atoms with E-state index in [9.17, 15) is 9.59 Å². The number of H-pyrrole nitrogens is 1. The van der Waals surface area contributed by atoms with Gasteiger partial charge in [-0.3, -0.25) is 4.98 Å². The zero-order chi connectivity index (χ0) is 16.4. The van der Waals surface area contributed by atoms with Gasteiger partial charge in [-0.25, -0.2) is 14.2 Å². The smallest absolute Gasteiger partial charge is 0.353 e. The molecule has 0 aromatic carbocycles. The summed E-state index contributed by atoms with van der Waals surface area (Å²) in [6, 6.07) is 0.218. The third kappa shape index (κ3) is 3.35. The number of hydrogen-bond acceptors (Lipinski definition) is 4. The van der Waals surface area contributed by atoms with Gasteiger partial charge in [-0.1, -0.05) is 32.1 Å². The Morgan fingerprint density at radius 3 is 2.43 bits per heavy atom. The second kappa shape index (κ2) is 6.49. The van der Waals surface area contributed by atoms with Gasteiger partial charge in [0.1, 0.15) is 0 Å². The second-order valence-corrected chi connectivity index (χ2v) is 7.54. The minimum absolute atomic E-state index is 0.218. The summed E-state index contributed by atoms with van der Waals surface area (Å²) in [7, 11) is 0. The van der Waals surface area contributed by atoms with Crippen molar-refractivity contribution in [3.05, 3.63) is 21.0 Å². The van der Waals surface area contributed by atoms with E-state index < -0.39 is 5.69 Å². The average Bonchev–Trinajstić information content (AvgIpc) is 2.94. The summed E-state index contributed by atoms with van der Waals surface area (Å²) in [6.45, 7) is 4.09. The Hall–Kier alpha value is -1.59. The molecule has 23 heavy (non-hydrogen) atoms. The van der Waals surface area contributed by atoms with Crippen LogP contribution in [0.3, 0.4) is 0 Å². The van der Waals surface area contributed by atoms with Gasteiger partial charge in [-0.2, -0.15) is 4.98 Å². The normalized spacial score (nSPS) is 22.9. The van der Waals surface area contributed by atoms with E-state index >= 15 is 0 Å². The van der Waals surface area contributed by atoms with E-state index in [1.165, 1.54) is 36.7 Å². The number of aromatic nitrogens is 3. The molecule has 0 radical (unpaired) electrons. The maximum Gasteiger partial charge on any atom is 0.355 e. The summed E-state index contributed by atoms with van der Waals surface area (Å²) >= 11 is 0. The first-order valence-electron chi connectivity index (χ1n) is 9.00. The van der Waals surface area contributed by atoms with Crippen LogP contribution >= 0.6 is 0 Å². The van der Waals surface area contributed by atoms with Crippen molar-refractivity contribution < 1.29 is 0 Å². The Bertz CT molecular complexity index is 620. The first kappa shape index (κ1) is 16.3. The van der Waals surface area contributed by atoms with Gasteiger partial charge in [0.15, 0.2) is 0 Å². The van der Waals surface area contributed by atoms with E-state index in [1.807, 2.05) is 6.92 Å². The highest BCUT2D eigenvalue weighted by Crippen LogP contribution is 2.33. The van der Waals surface area contributed by atoms with Crippen molar-refractivity contribution in [2.45, 2.75) is 83.2 Å². The molecule has 2 aliphatic carbocycles. The molecule has 0 amide bonds. The third-order valence-electron chi connectivity index (χ3n) is 5.77. The standard InChI is InChI=1S/C17H28N4O2/c1-12(13-8-4-3-5-9-13)18-14-19-15(22)21(16(23)20-14)17(2)10-6-7-11-17/h12-13H,3-11H2,1-2H3,(H2,18,19,20,22,23)/t12-/m0/s1. The Labute approximate surface area is 136 Å². The number of aromatic amines is 1. The largest absolute Gasteiger partial charge is 0.355 e. The van der Waals surface area contributed by atoms with Crippen LogP contribution in [0.2, 0.25) is 0 Å². The average molecular weight is 320 g/mol. The maximum atomic E-state index is 12.4. The molecule has 6 heteroatoms. The lowest BCUT2D eigenvalue weighted by Gasteiger charge is -2.29. The molecule has 3 rings (SSSR count). The Balaban J connectivity index is 1.79. The molecular formula is C17H28N4O2. The monoisotopic (exact) mass is 320 g/mol. The molecule has 128 valence electrons. The molecule has 6 nitrogen and oxygen atoms in total. The molecule has 1 atom stereocenters. The summed E-state index contributed by atoms with van der Waals surface area (Å²) in [5, 5.41) is 3.24. The topological polar surface area (TPSA) is 79.8 Å². The van der Waals surface area contributed by atoms with E-state index in [-0.39, 0.29) is 17.3 Å². The van der Waals surface area contributed by atoms with Gasteiger partial charge in [0.2, 0.25) is 5.95 Å². The lowest BCUT2D eigenvalue weighted by Crippen LogP contribution is -2.48. The van der Waals surface area contributed by atoms with Gasteiger partial charge < -0.3 is 5.32 Å². The lowest BCUT2D eigenvalue weighted by molar-refractivity contribution is 0.298. The summed E-state index contributed by atoms with van der Waals surface area (Å²) in [5.41, 5.74) is -1.16. The molecule has 1 aromatic rings. The van der Waals surface area contributed by atoms with E-state index in [1.54, 1.807) is 0 Å². The molecule has 1 heterocycles. The lowest BCUT2D eigenvalue weighted by atomic mass is 9.85. The van der Waals surface area contributed by atoms with Crippen LogP contribution in [0.25, 0.3) is 0 Å². The Kier molecular flexibility index (Phi) is 4.60. The number of nitrogens with one attached hydrogen (secondary N) is 2.